The minimum Gasteiger partial charge on any atom is -0.481 e. The summed E-state index contributed by atoms with van der Waals surface area (Å²) < 4.78 is 5.36. The molecule has 0 saturated heterocycles. The van der Waals surface area contributed by atoms with Gasteiger partial charge in [-0.2, -0.15) is 0 Å². The molecule has 0 aromatic heterocycles. The highest BCUT2D eigenvalue weighted by Crippen LogP contribution is 2.58. The normalized spacial score (nSPS) is 29.5. The van der Waals surface area contributed by atoms with Gasteiger partial charge >= 0.3 is 11.9 Å². The first-order chi connectivity index (χ1) is 9.99. The molecule has 21 heavy (non-hydrogen) atoms. The highest BCUT2D eigenvalue weighted by molar-refractivity contribution is 5.90. The number of carboxylic acids is 1. The van der Waals surface area contributed by atoms with Gasteiger partial charge in [-0.05, 0) is 30.9 Å². The molecule has 2 saturated carbocycles. The van der Waals surface area contributed by atoms with Crippen molar-refractivity contribution in [3.63, 3.8) is 0 Å². The first-order valence-corrected chi connectivity index (χ1v) is 6.67. The van der Waals surface area contributed by atoms with E-state index in [4.69, 9.17) is 9.84 Å². The van der Waals surface area contributed by atoms with Crippen LogP contribution in [0.15, 0.2) is 24.3 Å². The molecule has 0 heterocycles. The second-order valence-corrected chi connectivity index (χ2v) is 5.43. The number of aliphatic carboxylic acids is 1. The van der Waals surface area contributed by atoms with Crippen molar-refractivity contribution in [2.75, 3.05) is 0 Å². The third kappa shape index (κ3) is 2.35. The van der Waals surface area contributed by atoms with E-state index in [1.165, 1.54) is 24.3 Å². The summed E-state index contributed by atoms with van der Waals surface area (Å²) in [5.41, 5.74) is 0.136. The SMILES string of the molecule is O=C(O[C@@H]1CC[C@H]2C(C(=O)O)[C@@H]12)c1ccc([N+](=O)[O-])cc1. The Morgan fingerprint density at radius 2 is 1.90 bits per heavy atom. The summed E-state index contributed by atoms with van der Waals surface area (Å²) in [6, 6.07) is 5.17. The van der Waals surface area contributed by atoms with E-state index in [0.29, 0.717) is 6.42 Å². The van der Waals surface area contributed by atoms with Gasteiger partial charge in [-0.25, -0.2) is 4.79 Å². The predicted molar refractivity (Wildman–Crippen MR) is 69.6 cm³/mol. The van der Waals surface area contributed by atoms with Gasteiger partial charge in [0.2, 0.25) is 0 Å². The average Bonchev–Trinajstić information content (AvgIpc) is 3.06. The molecular weight excluding hydrogens is 278 g/mol. The van der Waals surface area contributed by atoms with Crippen molar-refractivity contribution in [2.24, 2.45) is 17.8 Å². The van der Waals surface area contributed by atoms with Crippen molar-refractivity contribution < 1.29 is 24.4 Å². The second kappa shape index (κ2) is 4.83. The summed E-state index contributed by atoms with van der Waals surface area (Å²) in [5, 5.41) is 19.5. The Morgan fingerprint density at radius 1 is 1.24 bits per heavy atom. The summed E-state index contributed by atoms with van der Waals surface area (Å²) in [5.74, 6) is -1.75. The molecule has 2 aliphatic rings. The molecule has 7 nitrogen and oxygen atoms in total. The zero-order valence-electron chi connectivity index (χ0n) is 11.0. The maximum absolute atomic E-state index is 12.0. The van der Waals surface area contributed by atoms with Gasteiger partial charge in [0.15, 0.2) is 0 Å². The smallest absolute Gasteiger partial charge is 0.338 e. The fraction of sp³-hybridized carbons (Fsp3) is 0.429. The van der Waals surface area contributed by atoms with E-state index >= 15 is 0 Å². The highest BCUT2D eigenvalue weighted by atomic mass is 16.6. The zero-order valence-corrected chi connectivity index (χ0v) is 11.0. The number of carboxylic acid groups (broad SMARTS) is 1. The number of nitro groups is 1. The van der Waals surface area contributed by atoms with E-state index in [1.54, 1.807) is 0 Å². The summed E-state index contributed by atoms with van der Waals surface area (Å²) in [4.78, 5) is 33.0. The molecule has 7 heteroatoms. The van der Waals surface area contributed by atoms with E-state index in [1.807, 2.05) is 0 Å². The number of ether oxygens (including phenoxy) is 1. The molecule has 1 aromatic rings. The van der Waals surface area contributed by atoms with Crippen LogP contribution >= 0.6 is 0 Å². The number of fused-ring (bicyclic) bond motifs is 1. The largest absolute Gasteiger partial charge is 0.481 e. The molecule has 0 spiro atoms. The lowest BCUT2D eigenvalue weighted by molar-refractivity contribution is -0.384. The molecule has 0 aliphatic heterocycles. The third-order valence-electron chi connectivity index (χ3n) is 4.30. The van der Waals surface area contributed by atoms with Crippen LogP contribution in [0.2, 0.25) is 0 Å². The number of benzene rings is 1. The predicted octanol–water partition coefficient (Wildman–Crippen LogP) is 1.86. The molecule has 1 N–H and O–H groups in total. The number of nitro benzene ring substituents is 1. The van der Waals surface area contributed by atoms with Crippen molar-refractivity contribution in [2.45, 2.75) is 18.9 Å². The Hall–Kier alpha value is -2.44. The number of non-ortho nitro benzene ring substituents is 1. The van der Waals surface area contributed by atoms with E-state index < -0.39 is 22.8 Å². The molecule has 2 aliphatic carbocycles. The quantitative estimate of drug-likeness (QED) is 0.515. The van der Waals surface area contributed by atoms with Crippen LogP contribution in [-0.4, -0.2) is 28.1 Å². The average molecular weight is 291 g/mol. The molecule has 0 amide bonds. The van der Waals surface area contributed by atoms with Gasteiger partial charge in [0.05, 0.1) is 16.4 Å². The number of rotatable bonds is 4. The van der Waals surface area contributed by atoms with Crippen molar-refractivity contribution in [3.05, 3.63) is 39.9 Å². The fourth-order valence-electron chi connectivity index (χ4n) is 3.24. The second-order valence-electron chi connectivity index (χ2n) is 5.43. The lowest BCUT2D eigenvalue weighted by atomic mass is 10.1. The lowest BCUT2D eigenvalue weighted by Crippen LogP contribution is -2.21. The Morgan fingerprint density at radius 3 is 2.43 bits per heavy atom. The maximum atomic E-state index is 12.0. The Kier molecular flexibility index (Phi) is 3.12. The van der Waals surface area contributed by atoms with Crippen molar-refractivity contribution in [3.8, 4) is 0 Å². The van der Waals surface area contributed by atoms with Crippen LogP contribution in [0.25, 0.3) is 0 Å². The van der Waals surface area contributed by atoms with E-state index in [-0.39, 0.29) is 29.2 Å². The minimum absolute atomic E-state index is 0.0792. The van der Waals surface area contributed by atoms with Gasteiger partial charge in [0.25, 0.3) is 5.69 Å². The first kappa shape index (κ1) is 13.5. The third-order valence-corrected chi connectivity index (χ3v) is 4.30. The van der Waals surface area contributed by atoms with Crippen LogP contribution in [0.5, 0.6) is 0 Å². The van der Waals surface area contributed by atoms with Crippen LogP contribution < -0.4 is 0 Å². The summed E-state index contributed by atoms with van der Waals surface area (Å²) in [7, 11) is 0. The molecule has 4 atom stereocenters. The van der Waals surface area contributed by atoms with Gasteiger partial charge in [-0.3, -0.25) is 14.9 Å². The van der Waals surface area contributed by atoms with Crippen LogP contribution in [0.1, 0.15) is 23.2 Å². The van der Waals surface area contributed by atoms with Crippen LogP contribution in [-0.2, 0) is 9.53 Å². The van der Waals surface area contributed by atoms with Gasteiger partial charge < -0.3 is 9.84 Å². The molecule has 1 unspecified atom stereocenters. The zero-order chi connectivity index (χ0) is 15.1. The Bertz CT molecular complexity index is 610. The molecule has 1 aromatic carbocycles. The fourth-order valence-corrected chi connectivity index (χ4v) is 3.24. The number of carbonyl (C=O) groups is 2. The first-order valence-electron chi connectivity index (χ1n) is 6.67. The molecule has 110 valence electrons. The minimum atomic E-state index is -0.832. The summed E-state index contributed by atoms with van der Waals surface area (Å²) >= 11 is 0. The molecule has 2 fully saturated rings. The lowest BCUT2D eigenvalue weighted by Gasteiger charge is -2.14. The van der Waals surface area contributed by atoms with Crippen molar-refractivity contribution in [1.82, 2.24) is 0 Å². The highest BCUT2D eigenvalue weighted by Gasteiger charge is 2.63. The van der Waals surface area contributed by atoms with Crippen LogP contribution in [0.3, 0.4) is 0 Å². The summed E-state index contributed by atoms with van der Waals surface area (Å²) in [6.45, 7) is 0. The van der Waals surface area contributed by atoms with Gasteiger partial charge in [0, 0.05) is 18.1 Å². The van der Waals surface area contributed by atoms with Crippen molar-refractivity contribution >= 4 is 17.6 Å². The van der Waals surface area contributed by atoms with E-state index in [9.17, 15) is 19.7 Å². The number of hydrogen-bond donors (Lipinski definition) is 1. The Balaban J connectivity index is 1.64. The van der Waals surface area contributed by atoms with E-state index in [2.05, 4.69) is 0 Å². The summed E-state index contributed by atoms with van der Waals surface area (Å²) in [6.07, 6.45) is 1.08. The monoisotopic (exact) mass is 291 g/mol. The molecule has 3 rings (SSSR count). The molecule has 0 radical (unpaired) electrons. The molecular formula is C14H13NO6. The van der Waals surface area contributed by atoms with Gasteiger partial charge in [-0.15, -0.1) is 0 Å². The van der Waals surface area contributed by atoms with E-state index in [0.717, 1.165) is 6.42 Å². The van der Waals surface area contributed by atoms with Crippen LogP contribution in [0, 0.1) is 27.9 Å². The standard InChI is InChI=1S/C14H13NO6/c16-13(17)12-9-5-6-10(11(9)12)21-14(18)7-1-3-8(4-2-7)15(19)20/h1-4,9-12H,5-6H2,(H,16,17)/t9-,10-,11-,12?/m1/s1. The van der Waals surface area contributed by atoms with Crippen molar-refractivity contribution in [1.29, 1.82) is 0 Å². The van der Waals surface area contributed by atoms with Crippen LogP contribution in [0.4, 0.5) is 5.69 Å². The topological polar surface area (TPSA) is 107 Å². The maximum Gasteiger partial charge on any atom is 0.338 e. The number of carbonyl (C=O) groups excluding carboxylic acids is 1. The number of hydrogen-bond acceptors (Lipinski definition) is 5. The Labute approximate surface area is 119 Å². The van der Waals surface area contributed by atoms with Gasteiger partial charge in [-0.1, -0.05) is 0 Å². The molecule has 0 bridgehead atoms. The number of nitrogens with zero attached hydrogens (tertiary/aromatic N) is 1. The number of esters is 1. The van der Waals surface area contributed by atoms with Gasteiger partial charge in [0.1, 0.15) is 6.10 Å².